The molecule has 0 aliphatic carbocycles. The van der Waals surface area contributed by atoms with Gasteiger partial charge in [-0.3, -0.25) is 9.59 Å². The van der Waals surface area contributed by atoms with Crippen molar-refractivity contribution >= 4 is 40.9 Å². The molecule has 1 saturated heterocycles. The van der Waals surface area contributed by atoms with Crippen molar-refractivity contribution in [2.24, 2.45) is 5.92 Å². The molecule has 30 heavy (non-hydrogen) atoms. The van der Waals surface area contributed by atoms with E-state index in [2.05, 4.69) is 5.32 Å². The van der Waals surface area contributed by atoms with Gasteiger partial charge in [-0.2, -0.15) is 0 Å². The molecule has 1 aliphatic rings. The molecule has 1 fully saturated rings. The third kappa shape index (κ3) is 5.70. The highest BCUT2D eigenvalue weighted by atomic mass is 35.5. The minimum absolute atomic E-state index is 0.0487. The highest BCUT2D eigenvalue weighted by Gasteiger charge is 2.26. The smallest absolute Gasteiger partial charge is 0.254 e. The first-order chi connectivity index (χ1) is 14.5. The third-order valence-corrected chi connectivity index (χ3v) is 6.45. The standard InChI is InChI=1S/C23H27ClN2O3S/c1-29-20-11-10-17(14-19(20)24)25-22(27)12-9-16-6-5-13-26(15-16)23(28)18-7-3-4-8-21(18)30-2/h3-4,7-8,10-11,14,16H,5-6,9,12-13,15H2,1-2H3,(H,25,27)/t16-/m1/s1. The summed E-state index contributed by atoms with van der Waals surface area (Å²) in [5.74, 6) is 0.938. The zero-order chi connectivity index (χ0) is 21.5. The molecule has 0 unspecified atom stereocenters. The van der Waals surface area contributed by atoms with Gasteiger partial charge in [0.15, 0.2) is 0 Å². The number of halogens is 1. The summed E-state index contributed by atoms with van der Waals surface area (Å²) in [6.07, 6.45) is 5.16. The second-order valence-electron chi connectivity index (χ2n) is 7.40. The van der Waals surface area contributed by atoms with Gasteiger partial charge in [-0.05, 0) is 61.8 Å². The van der Waals surface area contributed by atoms with Crippen molar-refractivity contribution in [2.45, 2.75) is 30.6 Å². The molecule has 0 aromatic heterocycles. The average molecular weight is 447 g/mol. The number of anilines is 1. The SMILES string of the molecule is COc1ccc(NC(=O)CC[C@H]2CCCN(C(=O)c3ccccc3SC)C2)cc1Cl. The second-order valence-corrected chi connectivity index (χ2v) is 8.65. The molecule has 3 rings (SSSR count). The second kappa shape index (κ2) is 10.7. The fourth-order valence-corrected chi connectivity index (χ4v) is 4.63. The maximum atomic E-state index is 13.0. The van der Waals surface area contributed by atoms with Crippen LogP contribution in [0, 0.1) is 5.92 Å². The van der Waals surface area contributed by atoms with E-state index in [1.54, 1.807) is 37.1 Å². The van der Waals surface area contributed by atoms with E-state index in [4.69, 9.17) is 16.3 Å². The number of piperidine rings is 1. The summed E-state index contributed by atoms with van der Waals surface area (Å²) in [7, 11) is 1.55. The van der Waals surface area contributed by atoms with E-state index in [1.807, 2.05) is 35.4 Å². The first-order valence-electron chi connectivity index (χ1n) is 10.1. The molecule has 0 saturated carbocycles. The zero-order valence-electron chi connectivity index (χ0n) is 17.3. The van der Waals surface area contributed by atoms with Crippen molar-refractivity contribution in [3.8, 4) is 5.75 Å². The zero-order valence-corrected chi connectivity index (χ0v) is 18.9. The van der Waals surface area contributed by atoms with Crippen LogP contribution < -0.4 is 10.1 Å². The van der Waals surface area contributed by atoms with Gasteiger partial charge >= 0.3 is 0 Å². The van der Waals surface area contributed by atoms with Crippen LogP contribution >= 0.6 is 23.4 Å². The Morgan fingerprint density at radius 2 is 2.07 bits per heavy atom. The number of nitrogens with zero attached hydrogens (tertiary/aromatic N) is 1. The largest absolute Gasteiger partial charge is 0.495 e. The van der Waals surface area contributed by atoms with Crippen molar-refractivity contribution in [3.63, 3.8) is 0 Å². The molecule has 1 N–H and O–H groups in total. The average Bonchev–Trinajstić information content (AvgIpc) is 2.77. The Morgan fingerprint density at radius 3 is 2.80 bits per heavy atom. The van der Waals surface area contributed by atoms with E-state index in [0.29, 0.717) is 35.3 Å². The first kappa shape index (κ1) is 22.5. The van der Waals surface area contributed by atoms with Crippen molar-refractivity contribution in [1.29, 1.82) is 0 Å². The minimum atomic E-state index is -0.0487. The predicted octanol–water partition coefficient (Wildman–Crippen LogP) is 5.34. The summed E-state index contributed by atoms with van der Waals surface area (Å²) in [6.45, 7) is 1.47. The summed E-state index contributed by atoms with van der Waals surface area (Å²) in [5.41, 5.74) is 1.42. The molecule has 1 aliphatic heterocycles. The van der Waals surface area contributed by atoms with Crippen LogP contribution in [0.15, 0.2) is 47.4 Å². The number of likely N-dealkylation sites (tertiary alicyclic amines) is 1. The van der Waals surface area contributed by atoms with E-state index < -0.39 is 0 Å². The van der Waals surface area contributed by atoms with E-state index >= 15 is 0 Å². The number of carbonyl (C=O) groups is 2. The van der Waals surface area contributed by atoms with Crippen molar-refractivity contribution < 1.29 is 14.3 Å². The Kier molecular flexibility index (Phi) is 8.05. The number of amides is 2. The van der Waals surface area contributed by atoms with Crippen LogP contribution in [0.25, 0.3) is 0 Å². The lowest BCUT2D eigenvalue weighted by Gasteiger charge is -2.33. The lowest BCUT2D eigenvalue weighted by atomic mass is 9.92. The number of thioether (sulfide) groups is 1. The summed E-state index contributed by atoms with van der Waals surface area (Å²) in [4.78, 5) is 28.3. The van der Waals surface area contributed by atoms with Crippen LogP contribution in [0.5, 0.6) is 5.75 Å². The number of benzene rings is 2. The van der Waals surface area contributed by atoms with Gasteiger partial charge in [0.25, 0.3) is 5.91 Å². The van der Waals surface area contributed by atoms with E-state index in [9.17, 15) is 9.59 Å². The Bertz CT molecular complexity index is 906. The van der Waals surface area contributed by atoms with Crippen LogP contribution in [0.1, 0.15) is 36.0 Å². The lowest BCUT2D eigenvalue weighted by molar-refractivity contribution is -0.116. The topological polar surface area (TPSA) is 58.6 Å². The maximum absolute atomic E-state index is 13.0. The molecule has 7 heteroatoms. The van der Waals surface area contributed by atoms with Gasteiger partial charge < -0.3 is 15.0 Å². The number of methoxy groups -OCH3 is 1. The third-order valence-electron chi connectivity index (χ3n) is 5.36. The first-order valence-corrected chi connectivity index (χ1v) is 11.7. The van der Waals surface area contributed by atoms with Gasteiger partial charge in [0.1, 0.15) is 5.75 Å². The van der Waals surface area contributed by atoms with Gasteiger partial charge in [0.2, 0.25) is 5.91 Å². The number of ether oxygens (including phenoxy) is 1. The molecule has 2 amide bonds. The van der Waals surface area contributed by atoms with Gasteiger partial charge in [-0.25, -0.2) is 0 Å². The molecule has 0 bridgehead atoms. The maximum Gasteiger partial charge on any atom is 0.254 e. The van der Waals surface area contributed by atoms with Gasteiger partial charge in [-0.15, -0.1) is 11.8 Å². The molecular weight excluding hydrogens is 420 g/mol. The fourth-order valence-electron chi connectivity index (χ4n) is 3.78. The van der Waals surface area contributed by atoms with Crippen LogP contribution in [-0.2, 0) is 4.79 Å². The molecule has 0 spiro atoms. The highest BCUT2D eigenvalue weighted by Crippen LogP contribution is 2.28. The van der Waals surface area contributed by atoms with Gasteiger partial charge in [0.05, 0.1) is 17.7 Å². The lowest BCUT2D eigenvalue weighted by Crippen LogP contribution is -2.40. The number of hydrogen-bond donors (Lipinski definition) is 1. The van der Waals surface area contributed by atoms with E-state index in [1.165, 1.54) is 0 Å². The summed E-state index contributed by atoms with van der Waals surface area (Å²) in [6, 6.07) is 12.9. The summed E-state index contributed by atoms with van der Waals surface area (Å²) >= 11 is 7.70. The molecule has 2 aromatic rings. The van der Waals surface area contributed by atoms with Gasteiger partial charge in [-0.1, -0.05) is 23.7 Å². The van der Waals surface area contributed by atoms with Crippen molar-refractivity contribution in [2.75, 3.05) is 31.8 Å². The molecule has 1 atom stereocenters. The number of rotatable bonds is 7. The van der Waals surface area contributed by atoms with Crippen LogP contribution in [0.3, 0.4) is 0 Å². The molecule has 5 nitrogen and oxygen atoms in total. The van der Waals surface area contributed by atoms with Crippen LogP contribution in [-0.4, -0.2) is 43.2 Å². The monoisotopic (exact) mass is 446 g/mol. The summed E-state index contributed by atoms with van der Waals surface area (Å²) in [5, 5.41) is 3.35. The van der Waals surface area contributed by atoms with Crippen LogP contribution in [0.4, 0.5) is 5.69 Å². The highest BCUT2D eigenvalue weighted by molar-refractivity contribution is 7.98. The quantitative estimate of drug-likeness (QED) is 0.583. The molecule has 2 aromatic carbocycles. The van der Waals surface area contributed by atoms with E-state index in [0.717, 1.165) is 36.3 Å². The normalized spacial score (nSPS) is 16.2. The Hall–Kier alpha value is -2.18. The predicted molar refractivity (Wildman–Crippen MR) is 123 cm³/mol. The molecule has 0 radical (unpaired) electrons. The number of carbonyl (C=O) groups excluding carboxylic acids is 2. The summed E-state index contributed by atoms with van der Waals surface area (Å²) < 4.78 is 5.13. The molecule has 160 valence electrons. The van der Waals surface area contributed by atoms with Crippen molar-refractivity contribution in [3.05, 3.63) is 53.1 Å². The minimum Gasteiger partial charge on any atom is -0.495 e. The number of hydrogen-bond acceptors (Lipinski definition) is 4. The number of nitrogens with one attached hydrogen (secondary N) is 1. The van der Waals surface area contributed by atoms with E-state index in [-0.39, 0.29) is 11.8 Å². The Morgan fingerprint density at radius 1 is 1.27 bits per heavy atom. The van der Waals surface area contributed by atoms with Gasteiger partial charge in [0, 0.05) is 30.1 Å². The molecule has 1 heterocycles. The Balaban J connectivity index is 1.53. The van der Waals surface area contributed by atoms with Crippen molar-refractivity contribution in [1.82, 2.24) is 4.90 Å². The molecular formula is C23H27ClN2O3S. The fraction of sp³-hybridized carbons (Fsp3) is 0.391. The van der Waals surface area contributed by atoms with Crippen LogP contribution in [0.2, 0.25) is 5.02 Å². The Labute approximate surface area is 187 Å².